The van der Waals surface area contributed by atoms with E-state index in [0.717, 1.165) is 25.3 Å². The first-order valence-electron chi connectivity index (χ1n) is 9.01. The van der Waals surface area contributed by atoms with Crippen molar-refractivity contribution in [3.63, 3.8) is 0 Å². The van der Waals surface area contributed by atoms with E-state index < -0.39 is 11.7 Å². The molecular formula is C20H22F3N3O. The molecule has 144 valence electrons. The summed E-state index contributed by atoms with van der Waals surface area (Å²) in [5.74, 6) is 0.0151. The topological polar surface area (TPSA) is 45.2 Å². The lowest BCUT2D eigenvalue weighted by Crippen LogP contribution is -2.41. The monoisotopic (exact) mass is 377 g/mol. The van der Waals surface area contributed by atoms with Gasteiger partial charge in [0.05, 0.1) is 12.1 Å². The lowest BCUT2D eigenvalue weighted by molar-refractivity contribution is -0.137. The Labute approximate surface area is 156 Å². The molecule has 3 rings (SSSR count). The van der Waals surface area contributed by atoms with E-state index in [4.69, 9.17) is 0 Å². The van der Waals surface area contributed by atoms with Crippen LogP contribution in [-0.2, 0) is 17.4 Å². The minimum Gasteiger partial charge on any atom is -0.360 e. The van der Waals surface area contributed by atoms with Gasteiger partial charge in [-0.25, -0.2) is 4.98 Å². The van der Waals surface area contributed by atoms with E-state index in [2.05, 4.69) is 22.4 Å². The number of carbonyl (C=O) groups excluding carboxylic acids is 1. The van der Waals surface area contributed by atoms with E-state index in [0.29, 0.717) is 19.0 Å². The summed E-state index contributed by atoms with van der Waals surface area (Å²) < 4.78 is 38.9. The van der Waals surface area contributed by atoms with E-state index in [9.17, 15) is 18.0 Å². The first-order chi connectivity index (χ1) is 12.9. The van der Waals surface area contributed by atoms with Gasteiger partial charge in [-0.1, -0.05) is 30.3 Å². The lowest BCUT2D eigenvalue weighted by Gasteiger charge is -2.32. The fourth-order valence-corrected chi connectivity index (χ4v) is 3.38. The normalized spacial score (nSPS) is 15.6. The molecule has 0 atom stereocenters. The number of nitrogens with one attached hydrogen (secondary N) is 1. The van der Waals surface area contributed by atoms with Crippen LogP contribution in [0.15, 0.2) is 48.7 Å². The number of likely N-dealkylation sites (tertiary alicyclic amines) is 1. The Hall–Kier alpha value is -2.57. The van der Waals surface area contributed by atoms with Gasteiger partial charge in [0.1, 0.15) is 5.82 Å². The summed E-state index contributed by atoms with van der Waals surface area (Å²) in [5.41, 5.74) is 0.429. The molecule has 4 nitrogen and oxygen atoms in total. The average Bonchev–Trinajstić information content (AvgIpc) is 2.67. The van der Waals surface area contributed by atoms with E-state index in [1.165, 1.54) is 17.8 Å². The van der Waals surface area contributed by atoms with Gasteiger partial charge in [-0.3, -0.25) is 4.79 Å². The van der Waals surface area contributed by atoms with Gasteiger partial charge in [-0.15, -0.1) is 0 Å². The Balaban J connectivity index is 1.49. The average molecular weight is 377 g/mol. The number of rotatable bonds is 5. The highest BCUT2D eigenvalue weighted by Gasteiger charge is 2.34. The van der Waals surface area contributed by atoms with Gasteiger partial charge in [0.2, 0.25) is 5.91 Å². The fourth-order valence-electron chi connectivity index (χ4n) is 3.38. The number of pyridine rings is 1. The van der Waals surface area contributed by atoms with Gasteiger partial charge < -0.3 is 10.2 Å². The lowest BCUT2D eigenvalue weighted by atomic mass is 9.90. The number of benzene rings is 1. The van der Waals surface area contributed by atoms with Crippen molar-refractivity contribution >= 4 is 11.7 Å². The predicted octanol–water partition coefficient (Wildman–Crippen LogP) is 3.99. The number of anilines is 1. The van der Waals surface area contributed by atoms with Crippen molar-refractivity contribution in [1.82, 2.24) is 9.88 Å². The summed E-state index contributed by atoms with van der Waals surface area (Å²) in [6, 6.07) is 12.4. The molecule has 0 spiro atoms. The van der Waals surface area contributed by atoms with E-state index in [-0.39, 0.29) is 18.3 Å². The summed E-state index contributed by atoms with van der Waals surface area (Å²) in [6.45, 7) is 1.07. The molecule has 1 fully saturated rings. The maximum atomic E-state index is 13.0. The Morgan fingerprint density at radius 1 is 1.11 bits per heavy atom. The van der Waals surface area contributed by atoms with Crippen LogP contribution >= 0.6 is 0 Å². The molecule has 1 N–H and O–H groups in total. The summed E-state index contributed by atoms with van der Waals surface area (Å²) >= 11 is 0. The highest BCUT2D eigenvalue weighted by atomic mass is 19.4. The van der Waals surface area contributed by atoms with Gasteiger partial charge in [-0.2, -0.15) is 13.2 Å². The number of piperidine rings is 1. The summed E-state index contributed by atoms with van der Waals surface area (Å²) in [4.78, 5) is 17.8. The molecule has 27 heavy (non-hydrogen) atoms. The zero-order chi connectivity index (χ0) is 19.3. The van der Waals surface area contributed by atoms with Crippen LogP contribution in [0.3, 0.4) is 0 Å². The fraction of sp³-hybridized carbons (Fsp3) is 0.400. The number of aromatic nitrogens is 1. The molecule has 0 aliphatic carbocycles. The van der Waals surface area contributed by atoms with Gasteiger partial charge in [-0.05, 0) is 42.9 Å². The third-order valence-electron chi connectivity index (χ3n) is 4.85. The van der Waals surface area contributed by atoms with E-state index >= 15 is 0 Å². The van der Waals surface area contributed by atoms with Crippen LogP contribution in [0, 0.1) is 5.92 Å². The maximum Gasteiger partial charge on any atom is 0.419 e. The van der Waals surface area contributed by atoms with Crippen LogP contribution in [-0.4, -0.2) is 35.4 Å². The Morgan fingerprint density at radius 2 is 1.81 bits per heavy atom. The number of carbonyl (C=O) groups is 1. The van der Waals surface area contributed by atoms with Gasteiger partial charge >= 0.3 is 6.18 Å². The molecule has 0 saturated carbocycles. The largest absolute Gasteiger partial charge is 0.419 e. The number of alkyl halides is 3. The number of nitrogens with zero attached hydrogens (tertiary/aromatic N) is 2. The first kappa shape index (κ1) is 19.2. The summed E-state index contributed by atoms with van der Waals surface area (Å²) in [5, 5.41) is 2.55. The number of hydrogen-bond acceptors (Lipinski definition) is 3. The Kier molecular flexibility index (Phi) is 5.98. The molecule has 2 heterocycles. The molecule has 0 bridgehead atoms. The second-order valence-electron chi connectivity index (χ2n) is 6.76. The number of hydrogen-bond donors (Lipinski definition) is 1. The molecule has 1 aromatic heterocycles. The van der Waals surface area contributed by atoms with Crippen LogP contribution in [0.2, 0.25) is 0 Å². The highest BCUT2D eigenvalue weighted by Crippen LogP contribution is 2.33. The molecular weight excluding hydrogens is 355 g/mol. The highest BCUT2D eigenvalue weighted by molar-refractivity contribution is 5.80. The third-order valence-corrected chi connectivity index (χ3v) is 4.85. The van der Waals surface area contributed by atoms with Crippen LogP contribution in [0.5, 0.6) is 0 Å². The van der Waals surface area contributed by atoms with Crippen molar-refractivity contribution in [2.24, 2.45) is 5.92 Å². The van der Waals surface area contributed by atoms with Crippen LogP contribution in [0.1, 0.15) is 24.0 Å². The SMILES string of the molecule is O=C(CNc1ncccc1C(F)(F)F)N1CCC(Cc2ccccc2)CC1. The second kappa shape index (κ2) is 8.41. The summed E-state index contributed by atoms with van der Waals surface area (Å²) in [6.07, 6.45) is -0.438. The molecule has 1 amide bonds. The zero-order valence-electron chi connectivity index (χ0n) is 14.9. The van der Waals surface area contributed by atoms with Gasteiger partial charge in [0, 0.05) is 19.3 Å². The zero-order valence-corrected chi connectivity index (χ0v) is 14.9. The van der Waals surface area contributed by atoms with Crippen molar-refractivity contribution in [1.29, 1.82) is 0 Å². The number of halogens is 3. The quantitative estimate of drug-likeness (QED) is 0.857. The first-order valence-corrected chi connectivity index (χ1v) is 9.01. The summed E-state index contributed by atoms with van der Waals surface area (Å²) in [7, 11) is 0. The van der Waals surface area contributed by atoms with Crippen LogP contribution in [0.25, 0.3) is 0 Å². The van der Waals surface area contributed by atoms with Crippen molar-refractivity contribution in [3.05, 3.63) is 59.8 Å². The molecule has 0 unspecified atom stereocenters. The molecule has 1 aromatic carbocycles. The minimum atomic E-state index is -4.50. The van der Waals surface area contributed by atoms with Crippen LogP contribution in [0.4, 0.5) is 19.0 Å². The predicted molar refractivity (Wildman–Crippen MR) is 97.2 cm³/mol. The van der Waals surface area contributed by atoms with Crippen molar-refractivity contribution in [3.8, 4) is 0 Å². The molecule has 1 aliphatic rings. The van der Waals surface area contributed by atoms with Crippen molar-refractivity contribution in [2.45, 2.75) is 25.4 Å². The Bertz CT molecular complexity index is 757. The molecule has 2 aromatic rings. The van der Waals surface area contributed by atoms with E-state index in [1.807, 2.05) is 18.2 Å². The van der Waals surface area contributed by atoms with Crippen molar-refractivity contribution < 1.29 is 18.0 Å². The maximum absolute atomic E-state index is 13.0. The van der Waals surface area contributed by atoms with Crippen LogP contribution < -0.4 is 5.32 Å². The van der Waals surface area contributed by atoms with Gasteiger partial charge in [0.15, 0.2) is 0 Å². The van der Waals surface area contributed by atoms with Crippen molar-refractivity contribution in [2.75, 3.05) is 25.0 Å². The standard InChI is InChI=1S/C20H22F3N3O/c21-20(22,23)17-7-4-10-24-19(17)25-14-18(27)26-11-8-16(9-12-26)13-15-5-2-1-3-6-15/h1-7,10,16H,8-9,11-14H2,(H,24,25). The van der Waals surface area contributed by atoms with E-state index in [1.54, 1.807) is 4.90 Å². The molecule has 0 radical (unpaired) electrons. The Morgan fingerprint density at radius 3 is 2.48 bits per heavy atom. The third kappa shape index (κ3) is 5.21. The van der Waals surface area contributed by atoms with Gasteiger partial charge in [0.25, 0.3) is 0 Å². The molecule has 1 saturated heterocycles. The molecule has 7 heteroatoms. The number of amides is 1. The second-order valence-corrected chi connectivity index (χ2v) is 6.76. The minimum absolute atomic E-state index is 0.191. The smallest absolute Gasteiger partial charge is 0.360 e. The molecule has 1 aliphatic heterocycles.